The summed E-state index contributed by atoms with van der Waals surface area (Å²) in [5.41, 5.74) is 0.871. The normalized spacial score (nSPS) is 21.5. The number of halogens is 1. The lowest BCUT2D eigenvalue weighted by atomic mass is 9.97. The van der Waals surface area contributed by atoms with Crippen LogP contribution in [0.15, 0.2) is 30.3 Å². The molecule has 0 N–H and O–H groups in total. The minimum Gasteiger partial charge on any atom is -0.333 e. The van der Waals surface area contributed by atoms with Crippen LogP contribution in [0.4, 0.5) is 0 Å². The Morgan fingerprint density at radius 1 is 1.21 bits per heavy atom. The third-order valence-electron chi connectivity index (χ3n) is 4.96. The van der Waals surface area contributed by atoms with Crippen LogP contribution in [-0.4, -0.2) is 27.9 Å². The van der Waals surface area contributed by atoms with Crippen molar-refractivity contribution in [2.24, 2.45) is 0 Å². The monoisotopic (exact) mass is 358 g/mol. The van der Waals surface area contributed by atoms with Crippen molar-refractivity contribution in [2.75, 3.05) is 0 Å². The number of nitrogens with zero attached hydrogens (tertiary/aromatic N) is 2. The maximum atomic E-state index is 13.1. The largest absolute Gasteiger partial charge is 0.333 e. The van der Waals surface area contributed by atoms with Crippen molar-refractivity contribution >= 4 is 49.8 Å². The zero-order valence-electron chi connectivity index (χ0n) is 13.8. The van der Waals surface area contributed by atoms with Crippen LogP contribution < -0.4 is 0 Å². The summed E-state index contributed by atoms with van der Waals surface area (Å²) in [4.78, 5) is 20.4. The Balaban J connectivity index is 1.84. The Kier molecular flexibility index (Phi) is 3.97. The number of benzene rings is 1. The minimum atomic E-state index is 0.121. The van der Waals surface area contributed by atoms with Gasteiger partial charge in [-0.15, -0.1) is 11.3 Å². The first-order valence-electron chi connectivity index (χ1n) is 8.36. The first-order valence-corrected chi connectivity index (χ1v) is 9.56. The van der Waals surface area contributed by atoms with Gasteiger partial charge in [0.1, 0.15) is 5.15 Å². The van der Waals surface area contributed by atoms with Gasteiger partial charge in [-0.2, -0.15) is 0 Å². The molecule has 4 rings (SSSR count). The summed E-state index contributed by atoms with van der Waals surface area (Å²) in [5.74, 6) is 0.121. The van der Waals surface area contributed by atoms with Crippen molar-refractivity contribution in [3.63, 3.8) is 0 Å². The van der Waals surface area contributed by atoms with Crippen LogP contribution in [0, 0.1) is 0 Å². The highest BCUT2D eigenvalue weighted by molar-refractivity contribution is 7.21. The van der Waals surface area contributed by atoms with Crippen molar-refractivity contribution in [1.82, 2.24) is 9.88 Å². The Hall–Kier alpha value is -1.65. The van der Waals surface area contributed by atoms with Gasteiger partial charge in [-0.25, -0.2) is 4.98 Å². The molecular weight excluding hydrogens is 340 g/mol. The van der Waals surface area contributed by atoms with E-state index in [-0.39, 0.29) is 18.0 Å². The Morgan fingerprint density at radius 2 is 1.92 bits per heavy atom. The van der Waals surface area contributed by atoms with E-state index in [1.165, 1.54) is 17.8 Å². The smallest absolute Gasteiger partial charge is 0.264 e. The predicted octanol–water partition coefficient (Wildman–Crippen LogP) is 5.51. The SMILES string of the molecule is CC1CCCC(C)N1C(=O)c1cc2c(Cl)nc3ccccc3c2s1. The van der Waals surface area contributed by atoms with E-state index >= 15 is 0 Å². The van der Waals surface area contributed by atoms with Crippen molar-refractivity contribution in [2.45, 2.75) is 45.2 Å². The van der Waals surface area contributed by atoms with Crippen LogP contribution in [0.1, 0.15) is 42.8 Å². The summed E-state index contributed by atoms with van der Waals surface area (Å²) in [6.45, 7) is 4.29. The highest BCUT2D eigenvalue weighted by Crippen LogP contribution is 2.37. The zero-order valence-corrected chi connectivity index (χ0v) is 15.3. The molecule has 0 bridgehead atoms. The maximum Gasteiger partial charge on any atom is 0.264 e. The first-order chi connectivity index (χ1) is 11.6. The van der Waals surface area contributed by atoms with Crippen molar-refractivity contribution in [3.8, 4) is 0 Å². The molecule has 2 unspecified atom stereocenters. The number of para-hydroxylation sites is 1. The summed E-state index contributed by atoms with van der Waals surface area (Å²) >= 11 is 7.90. The minimum absolute atomic E-state index is 0.121. The number of rotatable bonds is 1. The van der Waals surface area contributed by atoms with Gasteiger partial charge in [-0.1, -0.05) is 29.8 Å². The molecule has 1 amide bonds. The van der Waals surface area contributed by atoms with E-state index < -0.39 is 0 Å². The van der Waals surface area contributed by atoms with Crippen LogP contribution in [0.5, 0.6) is 0 Å². The highest BCUT2D eigenvalue weighted by Gasteiger charge is 2.30. The number of thiophene rings is 1. The van der Waals surface area contributed by atoms with E-state index in [1.807, 2.05) is 35.2 Å². The number of hydrogen-bond acceptors (Lipinski definition) is 3. The van der Waals surface area contributed by atoms with E-state index in [2.05, 4.69) is 18.8 Å². The van der Waals surface area contributed by atoms with Gasteiger partial charge in [0.15, 0.2) is 0 Å². The molecular formula is C19H19ClN2OS. The maximum absolute atomic E-state index is 13.1. The summed E-state index contributed by atoms with van der Waals surface area (Å²) in [5, 5.41) is 2.40. The van der Waals surface area contributed by atoms with Gasteiger partial charge in [0, 0.05) is 27.6 Å². The average molecular weight is 359 g/mol. The molecule has 3 aromatic rings. The number of pyridine rings is 1. The molecule has 2 aromatic heterocycles. The predicted molar refractivity (Wildman–Crippen MR) is 101 cm³/mol. The molecule has 5 heteroatoms. The van der Waals surface area contributed by atoms with Crippen LogP contribution in [0.25, 0.3) is 21.0 Å². The lowest BCUT2D eigenvalue weighted by Gasteiger charge is -2.38. The van der Waals surface area contributed by atoms with Crippen molar-refractivity contribution in [1.29, 1.82) is 0 Å². The summed E-state index contributed by atoms with van der Waals surface area (Å²) in [7, 11) is 0. The van der Waals surface area contributed by atoms with Crippen LogP contribution in [-0.2, 0) is 0 Å². The Labute approximate surface area is 150 Å². The molecule has 0 radical (unpaired) electrons. The topological polar surface area (TPSA) is 33.2 Å². The van der Waals surface area contributed by atoms with E-state index in [1.54, 1.807) is 0 Å². The van der Waals surface area contributed by atoms with Crippen LogP contribution in [0.2, 0.25) is 5.15 Å². The average Bonchev–Trinajstić information content (AvgIpc) is 3.01. The third-order valence-corrected chi connectivity index (χ3v) is 6.40. The molecule has 1 aliphatic rings. The standard InChI is InChI=1S/C19H19ClN2OS/c1-11-6-5-7-12(2)22(11)19(23)16-10-14-17(24-16)13-8-3-4-9-15(13)21-18(14)20/h3-4,8-12H,5-7H2,1-2H3. The second-order valence-corrected chi connectivity index (χ2v) is 8.02. The molecule has 3 heterocycles. The fraction of sp³-hybridized carbons (Fsp3) is 0.368. The number of aromatic nitrogens is 1. The molecule has 0 aliphatic carbocycles. The number of hydrogen-bond donors (Lipinski definition) is 0. The second-order valence-electron chi connectivity index (χ2n) is 6.61. The molecule has 0 saturated carbocycles. The van der Waals surface area contributed by atoms with Crippen LogP contribution >= 0.6 is 22.9 Å². The number of fused-ring (bicyclic) bond motifs is 3. The van der Waals surface area contributed by atoms with E-state index in [0.29, 0.717) is 5.15 Å². The lowest BCUT2D eigenvalue weighted by Crippen LogP contribution is -2.47. The third kappa shape index (κ3) is 2.49. The molecule has 1 aliphatic heterocycles. The fourth-order valence-corrected chi connectivity index (χ4v) is 5.16. The number of amides is 1. The molecule has 1 aromatic carbocycles. The Bertz CT molecular complexity index is 926. The second kappa shape index (κ2) is 6.01. The fourth-order valence-electron chi connectivity index (χ4n) is 3.73. The first kappa shape index (κ1) is 15.9. The van der Waals surface area contributed by atoms with Gasteiger partial charge in [0.2, 0.25) is 0 Å². The molecule has 124 valence electrons. The number of likely N-dealkylation sites (tertiary alicyclic amines) is 1. The van der Waals surface area contributed by atoms with Crippen molar-refractivity contribution in [3.05, 3.63) is 40.4 Å². The Morgan fingerprint density at radius 3 is 2.67 bits per heavy atom. The number of piperidine rings is 1. The quantitative estimate of drug-likeness (QED) is 0.537. The van der Waals surface area contributed by atoms with Crippen molar-refractivity contribution < 1.29 is 4.79 Å². The highest BCUT2D eigenvalue weighted by atomic mass is 35.5. The molecule has 0 spiro atoms. The van der Waals surface area contributed by atoms with E-state index in [0.717, 1.165) is 38.7 Å². The van der Waals surface area contributed by atoms with Gasteiger partial charge >= 0.3 is 0 Å². The van der Waals surface area contributed by atoms with Gasteiger partial charge in [0.25, 0.3) is 5.91 Å². The number of carbonyl (C=O) groups excluding carboxylic acids is 1. The van der Waals surface area contributed by atoms with Gasteiger partial charge in [-0.05, 0) is 45.2 Å². The van der Waals surface area contributed by atoms with Gasteiger partial charge < -0.3 is 4.90 Å². The van der Waals surface area contributed by atoms with Gasteiger partial charge in [-0.3, -0.25) is 4.79 Å². The molecule has 3 nitrogen and oxygen atoms in total. The summed E-state index contributed by atoms with van der Waals surface area (Å²) in [6.07, 6.45) is 3.34. The molecule has 1 saturated heterocycles. The van der Waals surface area contributed by atoms with E-state index in [4.69, 9.17) is 11.6 Å². The zero-order chi connectivity index (χ0) is 16.8. The molecule has 2 atom stereocenters. The van der Waals surface area contributed by atoms with Gasteiger partial charge in [0.05, 0.1) is 10.4 Å². The van der Waals surface area contributed by atoms with E-state index in [9.17, 15) is 4.79 Å². The molecule has 24 heavy (non-hydrogen) atoms. The van der Waals surface area contributed by atoms with Crippen LogP contribution in [0.3, 0.4) is 0 Å². The summed E-state index contributed by atoms with van der Waals surface area (Å²) < 4.78 is 1.05. The lowest BCUT2D eigenvalue weighted by molar-refractivity contribution is 0.0516. The summed E-state index contributed by atoms with van der Waals surface area (Å²) in [6, 6.07) is 10.4. The molecule has 1 fully saturated rings. The number of carbonyl (C=O) groups is 1.